The van der Waals surface area contributed by atoms with Crippen LogP contribution in [0.15, 0.2) is 66.7 Å². The standard InChI is InChI=1S/C28H27F3N2O3/c1-17-5-10-21(11-6-17)33(27(35)28(29,30)31)25-16-19(3)32(24-14-7-18(2)15-23(24)25)26(34)20-8-12-22(36-4)13-9-20/h5-15,19,25H,16H2,1-4H3/t19-,25-/m0/s1. The molecule has 8 heteroatoms. The van der Waals surface area contributed by atoms with E-state index in [9.17, 15) is 22.8 Å². The zero-order valence-electron chi connectivity index (χ0n) is 20.5. The number of anilines is 2. The molecule has 1 heterocycles. The molecule has 0 radical (unpaired) electrons. The summed E-state index contributed by atoms with van der Waals surface area (Å²) in [5.41, 5.74) is 3.23. The molecule has 0 fully saturated rings. The van der Waals surface area contributed by atoms with E-state index in [1.165, 1.54) is 19.2 Å². The highest BCUT2D eigenvalue weighted by Crippen LogP contribution is 2.44. The summed E-state index contributed by atoms with van der Waals surface area (Å²) < 4.78 is 46.6. The molecule has 188 valence electrons. The molecule has 36 heavy (non-hydrogen) atoms. The molecule has 5 nitrogen and oxygen atoms in total. The van der Waals surface area contributed by atoms with Gasteiger partial charge in [0.2, 0.25) is 0 Å². The lowest BCUT2D eigenvalue weighted by Crippen LogP contribution is -2.50. The van der Waals surface area contributed by atoms with Gasteiger partial charge in [-0.25, -0.2) is 0 Å². The molecule has 3 aromatic rings. The molecule has 3 aromatic carbocycles. The number of hydrogen-bond donors (Lipinski definition) is 0. The normalized spacial score (nSPS) is 17.4. The molecule has 0 N–H and O–H groups in total. The van der Waals surface area contributed by atoms with Gasteiger partial charge in [0.25, 0.3) is 5.91 Å². The number of aryl methyl sites for hydroxylation is 2. The number of amides is 2. The number of carbonyl (C=O) groups excluding carboxylic acids is 2. The van der Waals surface area contributed by atoms with Crippen LogP contribution < -0.4 is 14.5 Å². The van der Waals surface area contributed by atoms with E-state index in [1.807, 2.05) is 19.9 Å². The minimum absolute atomic E-state index is 0.133. The number of hydrogen-bond acceptors (Lipinski definition) is 3. The molecular formula is C28H27F3N2O3. The van der Waals surface area contributed by atoms with Gasteiger partial charge in [0.15, 0.2) is 0 Å². The first-order valence-corrected chi connectivity index (χ1v) is 11.6. The van der Waals surface area contributed by atoms with Crippen molar-refractivity contribution in [3.05, 3.63) is 89.0 Å². The fourth-order valence-corrected chi connectivity index (χ4v) is 4.66. The third kappa shape index (κ3) is 4.80. The van der Waals surface area contributed by atoms with E-state index >= 15 is 0 Å². The number of nitrogens with zero attached hydrogens (tertiary/aromatic N) is 2. The van der Waals surface area contributed by atoms with Gasteiger partial charge in [0, 0.05) is 23.0 Å². The Morgan fingerprint density at radius 3 is 2.14 bits per heavy atom. The highest BCUT2D eigenvalue weighted by Gasteiger charge is 2.48. The summed E-state index contributed by atoms with van der Waals surface area (Å²) in [6.45, 7) is 5.43. The topological polar surface area (TPSA) is 49.9 Å². The highest BCUT2D eigenvalue weighted by atomic mass is 19.4. The van der Waals surface area contributed by atoms with Gasteiger partial charge in [0.05, 0.1) is 13.2 Å². The predicted molar refractivity (Wildman–Crippen MR) is 133 cm³/mol. The largest absolute Gasteiger partial charge is 0.497 e. The Morgan fingerprint density at radius 2 is 1.56 bits per heavy atom. The fraction of sp³-hybridized carbons (Fsp3) is 0.286. The Bertz CT molecular complexity index is 1270. The van der Waals surface area contributed by atoms with E-state index in [4.69, 9.17) is 4.74 Å². The second-order valence-corrected chi connectivity index (χ2v) is 9.07. The molecular weight excluding hydrogens is 469 g/mol. The van der Waals surface area contributed by atoms with Crippen LogP contribution in [0, 0.1) is 13.8 Å². The van der Waals surface area contributed by atoms with Crippen molar-refractivity contribution >= 4 is 23.2 Å². The van der Waals surface area contributed by atoms with Crippen molar-refractivity contribution < 1.29 is 27.5 Å². The SMILES string of the molecule is COc1ccc(C(=O)N2c3ccc(C)cc3[C@@H](N(C(=O)C(F)(F)F)c3ccc(C)cc3)C[C@@H]2C)cc1. The van der Waals surface area contributed by atoms with Crippen molar-refractivity contribution in [1.29, 1.82) is 0 Å². The number of rotatable bonds is 4. The van der Waals surface area contributed by atoms with Crippen LogP contribution in [0.1, 0.15) is 46.4 Å². The second kappa shape index (κ2) is 9.68. The summed E-state index contributed by atoms with van der Waals surface area (Å²) in [5, 5.41) is 0. The number of alkyl halides is 3. The Kier molecular flexibility index (Phi) is 6.80. The van der Waals surface area contributed by atoms with Gasteiger partial charge < -0.3 is 9.64 Å². The maximum Gasteiger partial charge on any atom is 0.471 e. The molecule has 0 bridgehead atoms. The minimum Gasteiger partial charge on any atom is -0.497 e. The maximum atomic E-state index is 13.8. The molecule has 0 saturated carbocycles. The smallest absolute Gasteiger partial charge is 0.471 e. The van der Waals surface area contributed by atoms with E-state index < -0.39 is 24.2 Å². The van der Waals surface area contributed by atoms with Gasteiger partial charge in [-0.15, -0.1) is 0 Å². The summed E-state index contributed by atoms with van der Waals surface area (Å²) in [6, 6.07) is 17.0. The summed E-state index contributed by atoms with van der Waals surface area (Å²) in [5.74, 6) is -1.61. The lowest BCUT2D eigenvalue weighted by atomic mass is 9.88. The van der Waals surface area contributed by atoms with Crippen molar-refractivity contribution in [3.8, 4) is 5.75 Å². The number of methoxy groups -OCH3 is 1. The maximum absolute atomic E-state index is 13.8. The third-order valence-corrected chi connectivity index (χ3v) is 6.45. The molecule has 2 amide bonds. The Labute approximate surface area is 208 Å². The molecule has 0 unspecified atom stereocenters. The van der Waals surface area contributed by atoms with Crippen molar-refractivity contribution in [3.63, 3.8) is 0 Å². The predicted octanol–water partition coefficient (Wildman–Crippen LogP) is 6.39. The Hall–Kier alpha value is -3.81. The number of benzene rings is 3. The van der Waals surface area contributed by atoms with Gasteiger partial charge >= 0.3 is 12.1 Å². The quantitative estimate of drug-likeness (QED) is 0.421. The average Bonchev–Trinajstić information content (AvgIpc) is 2.84. The first-order chi connectivity index (χ1) is 17.0. The molecule has 0 saturated heterocycles. The van der Waals surface area contributed by atoms with Gasteiger partial charge in [-0.1, -0.05) is 35.4 Å². The summed E-state index contributed by atoms with van der Waals surface area (Å²) in [4.78, 5) is 28.7. The van der Waals surface area contributed by atoms with Gasteiger partial charge in [-0.2, -0.15) is 13.2 Å². The lowest BCUT2D eigenvalue weighted by Gasteiger charge is -2.43. The Morgan fingerprint density at radius 1 is 0.944 bits per heavy atom. The van der Waals surface area contributed by atoms with E-state index in [0.29, 0.717) is 22.6 Å². The van der Waals surface area contributed by atoms with Crippen LogP contribution >= 0.6 is 0 Å². The summed E-state index contributed by atoms with van der Waals surface area (Å²) >= 11 is 0. The summed E-state index contributed by atoms with van der Waals surface area (Å²) in [7, 11) is 1.53. The highest BCUT2D eigenvalue weighted by molar-refractivity contribution is 6.08. The van der Waals surface area contributed by atoms with Gasteiger partial charge in [-0.05, 0) is 75.2 Å². The van der Waals surface area contributed by atoms with Crippen LogP contribution in [0.3, 0.4) is 0 Å². The van der Waals surface area contributed by atoms with Gasteiger partial charge in [-0.3, -0.25) is 14.5 Å². The van der Waals surface area contributed by atoms with Crippen LogP contribution in [-0.2, 0) is 4.79 Å². The van der Waals surface area contributed by atoms with Crippen molar-refractivity contribution in [2.45, 2.75) is 45.5 Å². The Balaban J connectivity index is 1.83. The van der Waals surface area contributed by atoms with Crippen LogP contribution in [0.5, 0.6) is 5.75 Å². The van der Waals surface area contributed by atoms with Crippen molar-refractivity contribution in [2.24, 2.45) is 0 Å². The average molecular weight is 497 g/mol. The zero-order chi connectivity index (χ0) is 26.2. The van der Waals surface area contributed by atoms with E-state index in [1.54, 1.807) is 60.4 Å². The molecule has 2 atom stereocenters. The molecule has 0 aromatic heterocycles. The van der Waals surface area contributed by atoms with Crippen LogP contribution in [-0.4, -0.2) is 31.1 Å². The molecule has 0 spiro atoms. The van der Waals surface area contributed by atoms with Gasteiger partial charge in [0.1, 0.15) is 5.75 Å². The van der Waals surface area contributed by atoms with Crippen molar-refractivity contribution in [1.82, 2.24) is 0 Å². The van der Waals surface area contributed by atoms with Crippen LogP contribution in [0.25, 0.3) is 0 Å². The second-order valence-electron chi connectivity index (χ2n) is 9.07. The monoisotopic (exact) mass is 496 g/mol. The number of carbonyl (C=O) groups is 2. The zero-order valence-corrected chi connectivity index (χ0v) is 20.5. The lowest BCUT2D eigenvalue weighted by molar-refractivity contribution is -0.171. The number of halogens is 3. The number of fused-ring (bicyclic) bond motifs is 1. The first kappa shape index (κ1) is 25.3. The number of ether oxygens (including phenoxy) is 1. The molecule has 1 aliphatic rings. The van der Waals surface area contributed by atoms with E-state index in [2.05, 4.69) is 0 Å². The first-order valence-electron chi connectivity index (χ1n) is 11.6. The van der Waals surface area contributed by atoms with Crippen LogP contribution in [0.2, 0.25) is 0 Å². The molecule has 1 aliphatic heterocycles. The van der Waals surface area contributed by atoms with Crippen molar-refractivity contribution in [2.75, 3.05) is 16.9 Å². The minimum atomic E-state index is -5.06. The third-order valence-electron chi connectivity index (χ3n) is 6.45. The van der Waals surface area contributed by atoms with E-state index in [-0.39, 0.29) is 18.0 Å². The fourth-order valence-electron chi connectivity index (χ4n) is 4.66. The molecule has 4 rings (SSSR count). The van der Waals surface area contributed by atoms with E-state index in [0.717, 1.165) is 16.0 Å². The van der Waals surface area contributed by atoms with Crippen LogP contribution in [0.4, 0.5) is 24.5 Å². The molecule has 0 aliphatic carbocycles. The summed E-state index contributed by atoms with van der Waals surface area (Å²) in [6.07, 6.45) is -4.93.